The SMILES string of the molecule is CCCCOc1ccccc1/C=c1/sc2nc(-c3ccc(Br)cc3)nn2c1=O. The molecule has 0 radical (unpaired) electrons. The first-order chi connectivity index (χ1) is 13.7. The average molecular weight is 456 g/mol. The average Bonchev–Trinajstić information content (AvgIpc) is 3.24. The number of hydrogen-bond donors (Lipinski definition) is 0. The highest BCUT2D eigenvalue weighted by Crippen LogP contribution is 2.21. The Bertz CT molecular complexity index is 1210. The first-order valence-corrected chi connectivity index (χ1v) is 10.7. The van der Waals surface area contributed by atoms with E-state index in [1.54, 1.807) is 0 Å². The van der Waals surface area contributed by atoms with Crippen molar-refractivity contribution in [3.63, 3.8) is 0 Å². The number of unbranched alkanes of at least 4 members (excludes halogenated alkanes) is 1. The van der Waals surface area contributed by atoms with Crippen molar-refractivity contribution in [2.75, 3.05) is 6.61 Å². The summed E-state index contributed by atoms with van der Waals surface area (Å²) in [6, 6.07) is 15.4. The first-order valence-electron chi connectivity index (χ1n) is 9.05. The van der Waals surface area contributed by atoms with Crippen LogP contribution in [0.3, 0.4) is 0 Å². The summed E-state index contributed by atoms with van der Waals surface area (Å²) in [5.41, 5.74) is 1.59. The van der Waals surface area contributed by atoms with Crippen molar-refractivity contribution in [2.24, 2.45) is 0 Å². The van der Waals surface area contributed by atoms with Crippen LogP contribution in [0.2, 0.25) is 0 Å². The minimum Gasteiger partial charge on any atom is -0.493 e. The molecule has 7 heteroatoms. The van der Waals surface area contributed by atoms with Crippen LogP contribution in [0.5, 0.6) is 5.75 Å². The molecule has 0 unspecified atom stereocenters. The van der Waals surface area contributed by atoms with Gasteiger partial charge in [-0.05, 0) is 30.7 Å². The van der Waals surface area contributed by atoms with Crippen molar-refractivity contribution in [1.29, 1.82) is 0 Å². The van der Waals surface area contributed by atoms with Gasteiger partial charge in [-0.15, -0.1) is 5.10 Å². The molecule has 2 aromatic heterocycles. The Morgan fingerprint density at radius 3 is 2.71 bits per heavy atom. The molecule has 0 amide bonds. The molecule has 2 heterocycles. The molecule has 0 aliphatic rings. The molecule has 0 N–H and O–H groups in total. The lowest BCUT2D eigenvalue weighted by Crippen LogP contribution is -2.23. The maximum atomic E-state index is 12.8. The maximum absolute atomic E-state index is 12.8. The molecule has 0 aliphatic carbocycles. The zero-order valence-electron chi connectivity index (χ0n) is 15.3. The third kappa shape index (κ3) is 3.86. The number of fused-ring (bicyclic) bond motifs is 1. The van der Waals surface area contributed by atoms with Gasteiger partial charge in [-0.2, -0.15) is 9.50 Å². The minimum absolute atomic E-state index is 0.167. The summed E-state index contributed by atoms with van der Waals surface area (Å²) in [4.78, 5) is 17.9. The summed E-state index contributed by atoms with van der Waals surface area (Å²) < 4.78 is 8.80. The van der Waals surface area contributed by atoms with E-state index in [9.17, 15) is 4.79 Å². The number of para-hydroxylation sites is 1. The van der Waals surface area contributed by atoms with Crippen LogP contribution in [0.25, 0.3) is 22.4 Å². The lowest BCUT2D eigenvalue weighted by Gasteiger charge is -2.07. The Balaban J connectivity index is 1.71. The number of halogens is 1. The Morgan fingerprint density at radius 1 is 1.18 bits per heavy atom. The van der Waals surface area contributed by atoms with E-state index in [1.807, 2.05) is 54.6 Å². The minimum atomic E-state index is -0.167. The highest BCUT2D eigenvalue weighted by Gasteiger charge is 2.12. The Hall–Kier alpha value is -2.51. The van der Waals surface area contributed by atoms with Gasteiger partial charge in [0, 0.05) is 15.6 Å². The number of thiazole rings is 1. The maximum Gasteiger partial charge on any atom is 0.291 e. The van der Waals surface area contributed by atoms with Crippen molar-refractivity contribution in [3.8, 4) is 17.1 Å². The number of rotatable bonds is 6. The highest BCUT2D eigenvalue weighted by molar-refractivity contribution is 9.10. The molecule has 0 atom stereocenters. The van der Waals surface area contributed by atoms with E-state index in [2.05, 4.69) is 32.9 Å². The number of benzene rings is 2. The van der Waals surface area contributed by atoms with Crippen molar-refractivity contribution in [1.82, 2.24) is 14.6 Å². The van der Waals surface area contributed by atoms with Crippen LogP contribution in [-0.4, -0.2) is 21.2 Å². The van der Waals surface area contributed by atoms with Crippen molar-refractivity contribution >= 4 is 38.3 Å². The van der Waals surface area contributed by atoms with Crippen molar-refractivity contribution < 1.29 is 4.74 Å². The van der Waals surface area contributed by atoms with Gasteiger partial charge in [0.1, 0.15) is 5.75 Å². The van der Waals surface area contributed by atoms with Gasteiger partial charge >= 0.3 is 0 Å². The molecule has 4 aromatic rings. The molecule has 28 heavy (non-hydrogen) atoms. The normalized spacial score (nSPS) is 12.0. The number of hydrogen-bond acceptors (Lipinski definition) is 5. The smallest absolute Gasteiger partial charge is 0.291 e. The van der Waals surface area contributed by atoms with Gasteiger partial charge in [-0.1, -0.05) is 70.9 Å². The van der Waals surface area contributed by atoms with Gasteiger partial charge in [0.15, 0.2) is 5.82 Å². The molecule has 4 rings (SSSR count). The molecule has 5 nitrogen and oxygen atoms in total. The summed E-state index contributed by atoms with van der Waals surface area (Å²) in [5, 5.41) is 4.39. The summed E-state index contributed by atoms with van der Waals surface area (Å²) in [6.07, 6.45) is 3.92. The van der Waals surface area contributed by atoms with E-state index < -0.39 is 0 Å². The fourth-order valence-corrected chi connectivity index (χ4v) is 3.92. The third-order valence-electron chi connectivity index (χ3n) is 4.25. The van der Waals surface area contributed by atoms with Gasteiger partial charge in [-0.3, -0.25) is 4.79 Å². The van der Waals surface area contributed by atoms with Gasteiger partial charge < -0.3 is 4.74 Å². The van der Waals surface area contributed by atoms with E-state index in [0.29, 0.717) is 21.9 Å². The second-order valence-corrected chi connectivity index (χ2v) is 8.22. The first kappa shape index (κ1) is 18.8. The molecule has 0 saturated heterocycles. The van der Waals surface area contributed by atoms with Gasteiger partial charge in [0.2, 0.25) is 4.96 Å². The van der Waals surface area contributed by atoms with Crippen molar-refractivity contribution in [3.05, 3.63) is 73.5 Å². The van der Waals surface area contributed by atoms with E-state index in [1.165, 1.54) is 15.9 Å². The van der Waals surface area contributed by atoms with Gasteiger partial charge in [0.25, 0.3) is 5.56 Å². The number of nitrogens with zero attached hydrogens (tertiary/aromatic N) is 3. The number of ether oxygens (including phenoxy) is 1. The van der Waals surface area contributed by atoms with Crippen LogP contribution < -0.4 is 14.8 Å². The van der Waals surface area contributed by atoms with Crippen LogP contribution in [0.1, 0.15) is 25.3 Å². The molecule has 142 valence electrons. The standard InChI is InChI=1S/C21H18BrN3O2S/c1-2-3-12-27-17-7-5-4-6-15(17)13-18-20(26)25-21(28-18)23-19(24-25)14-8-10-16(22)11-9-14/h4-11,13H,2-3,12H2,1H3/b18-13+. The monoisotopic (exact) mass is 455 g/mol. The van der Waals surface area contributed by atoms with Crippen LogP contribution in [-0.2, 0) is 0 Å². The van der Waals surface area contributed by atoms with Gasteiger partial charge in [-0.25, -0.2) is 0 Å². The lowest BCUT2D eigenvalue weighted by molar-refractivity contribution is 0.309. The molecule has 0 aliphatic heterocycles. The molecule has 0 fully saturated rings. The fraction of sp³-hybridized carbons (Fsp3) is 0.190. The molecule has 2 aromatic carbocycles. The quantitative estimate of drug-likeness (QED) is 0.406. The second-order valence-electron chi connectivity index (χ2n) is 6.29. The molecular formula is C21H18BrN3O2S. The van der Waals surface area contributed by atoms with E-state index in [-0.39, 0.29) is 5.56 Å². The van der Waals surface area contributed by atoms with Crippen LogP contribution in [0.15, 0.2) is 57.8 Å². The summed E-state index contributed by atoms with van der Waals surface area (Å²) in [6.45, 7) is 2.79. The van der Waals surface area contributed by atoms with E-state index >= 15 is 0 Å². The molecular weight excluding hydrogens is 438 g/mol. The third-order valence-corrected chi connectivity index (χ3v) is 5.73. The van der Waals surface area contributed by atoms with E-state index in [0.717, 1.165) is 34.2 Å². The van der Waals surface area contributed by atoms with Crippen molar-refractivity contribution in [2.45, 2.75) is 19.8 Å². The predicted molar refractivity (Wildman–Crippen MR) is 116 cm³/mol. The lowest BCUT2D eigenvalue weighted by atomic mass is 10.2. The Kier molecular flexibility index (Phi) is 5.54. The second kappa shape index (κ2) is 8.24. The van der Waals surface area contributed by atoms with Crippen LogP contribution >= 0.6 is 27.3 Å². The molecule has 0 bridgehead atoms. The number of aromatic nitrogens is 3. The summed E-state index contributed by atoms with van der Waals surface area (Å²) in [7, 11) is 0. The Morgan fingerprint density at radius 2 is 1.96 bits per heavy atom. The van der Waals surface area contributed by atoms with E-state index in [4.69, 9.17) is 4.74 Å². The highest BCUT2D eigenvalue weighted by atomic mass is 79.9. The zero-order chi connectivity index (χ0) is 19.5. The largest absolute Gasteiger partial charge is 0.493 e. The molecule has 0 saturated carbocycles. The van der Waals surface area contributed by atoms with Gasteiger partial charge in [0.05, 0.1) is 11.1 Å². The summed E-state index contributed by atoms with van der Waals surface area (Å²) in [5.74, 6) is 1.33. The topological polar surface area (TPSA) is 56.5 Å². The molecule has 0 spiro atoms. The fourth-order valence-electron chi connectivity index (χ4n) is 2.75. The Labute approximate surface area is 174 Å². The summed E-state index contributed by atoms with van der Waals surface area (Å²) >= 11 is 4.75. The van der Waals surface area contributed by atoms with Crippen LogP contribution in [0.4, 0.5) is 0 Å². The predicted octanol–water partition coefficient (Wildman–Crippen LogP) is 4.31. The zero-order valence-corrected chi connectivity index (χ0v) is 17.7. The van der Waals surface area contributed by atoms with Crippen LogP contribution in [0, 0.1) is 0 Å².